The van der Waals surface area contributed by atoms with Crippen LogP contribution in [0.1, 0.15) is 0 Å². The molecule has 4 rings (SSSR count). The van der Waals surface area contributed by atoms with Gasteiger partial charge >= 0.3 is 0 Å². The third-order valence-corrected chi connectivity index (χ3v) is 4.04. The molecule has 1 N–H and O–H groups in total. The van der Waals surface area contributed by atoms with Crippen molar-refractivity contribution in [1.29, 1.82) is 0 Å². The summed E-state index contributed by atoms with van der Waals surface area (Å²) >= 11 is 6.02. The number of aromatic nitrogens is 3. The SMILES string of the molecule is O=c1c2cc(Cl)ccc2nc(Nc2ccccc2)n1-c1cncc(F)c1. The number of rotatable bonds is 3. The smallest absolute Gasteiger partial charge is 0.267 e. The van der Waals surface area contributed by atoms with Gasteiger partial charge in [0.2, 0.25) is 5.95 Å². The van der Waals surface area contributed by atoms with Crippen molar-refractivity contribution in [2.45, 2.75) is 0 Å². The zero-order valence-corrected chi connectivity index (χ0v) is 14.1. The van der Waals surface area contributed by atoms with Crippen LogP contribution in [0.25, 0.3) is 16.6 Å². The van der Waals surface area contributed by atoms with Gasteiger partial charge in [-0.15, -0.1) is 0 Å². The Morgan fingerprint density at radius 2 is 1.85 bits per heavy atom. The van der Waals surface area contributed by atoms with Gasteiger partial charge in [0.1, 0.15) is 5.82 Å². The number of hydrogen-bond acceptors (Lipinski definition) is 4. The lowest BCUT2D eigenvalue weighted by Crippen LogP contribution is -2.23. The summed E-state index contributed by atoms with van der Waals surface area (Å²) in [4.78, 5) is 21.4. The molecule has 0 saturated carbocycles. The number of pyridine rings is 1. The summed E-state index contributed by atoms with van der Waals surface area (Å²) in [6.45, 7) is 0. The van der Waals surface area contributed by atoms with Gasteiger partial charge in [0.25, 0.3) is 5.56 Å². The Bertz CT molecular complexity index is 1160. The molecule has 26 heavy (non-hydrogen) atoms. The fourth-order valence-corrected chi connectivity index (χ4v) is 2.83. The van der Waals surface area contributed by atoms with Gasteiger partial charge in [0.15, 0.2) is 0 Å². The van der Waals surface area contributed by atoms with E-state index in [1.165, 1.54) is 16.8 Å². The van der Waals surface area contributed by atoms with Crippen LogP contribution < -0.4 is 10.9 Å². The number of hydrogen-bond donors (Lipinski definition) is 1. The number of anilines is 2. The molecule has 0 atom stereocenters. The van der Waals surface area contributed by atoms with Crippen LogP contribution in [0.5, 0.6) is 0 Å². The summed E-state index contributed by atoms with van der Waals surface area (Å²) in [6.07, 6.45) is 2.48. The molecule has 0 amide bonds. The van der Waals surface area contributed by atoms with E-state index in [2.05, 4.69) is 15.3 Å². The van der Waals surface area contributed by atoms with E-state index in [9.17, 15) is 9.18 Å². The standard InChI is InChI=1S/C19H12ClFN4O/c20-12-6-7-17-16(8-12)18(26)25(15-9-13(21)10-22-11-15)19(24-17)23-14-4-2-1-3-5-14/h1-11H,(H,23,24). The number of fused-ring (bicyclic) bond motifs is 1. The van der Waals surface area contributed by atoms with Crippen LogP contribution in [0.3, 0.4) is 0 Å². The zero-order chi connectivity index (χ0) is 18.1. The molecule has 0 radical (unpaired) electrons. The van der Waals surface area contributed by atoms with Crippen LogP contribution in [0.4, 0.5) is 16.0 Å². The van der Waals surface area contributed by atoms with Crippen molar-refractivity contribution >= 4 is 34.1 Å². The highest BCUT2D eigenvalue weighted by Gasteiger charge is 2.14. The van der Waals surface area contributed by atoms with Crippen LogP contribution in [0, 0.1) is 5.82 Å². The number of benzene rings is 2. The molecule has 0 aliphatic heterocycles. The van der Waals surface area contributed by atoms with Crippen molar-refractivity contribution in [2.24, 2.45) is 0 Å². The fourth-order valence-electron chi connectivity index (χ4n) is 2.65. The van der Waals surface area contributed by atoms with Crippen LogP contribution in [0.2, 0.25) is 5.02 Å². The van der Waals surface area contributed by atoms with Crippen LogP contribution in [-0.4, -0.2) is 14.5 Å². The van der Waals surface area contributed by atoms with E-state index >= 15 is 0 Å². The molecule has 0 spiro atoms. The van der Waals surface area contributed by atoms with Crippen molar-refractivity contribution in [3.63, 3.8) is 0 Å². The van der Waals surface area contributed by atoms with Gasteiger partial charge in [-0.25, -0.2) is 13.9 Å². The van der Waals surface area contributed by atoms with E-state index in [4.69, 9.17) is 11.6 Å². The van der Waals surface area contributed by atoms with Crippen molar-refractivity contribution < 1.29 is 4.39 Å². The van der Waals surface area contributed by atoms with E-state index in [0.717, 1.165) is 11.9 Å². The molecule has 7 heteroatoms. The first-order valence-corrected chi connectivity index (χ1v) is 8.15. The highest BCUT2D eigenvalue weighted by Crippen LogP contribution is 2.22. The van der Waals surface area contributed by atoms with Gasteiger partial charge in [-0.05, 0) is 30.3 Å². The number of halogens is 2. The molecule has 0 fully saturated rings. The first-order valence-electron chi connectivity index (χ1n) is 7.77. The predicted octanol–water partition coefficient (Wildman–Crippen LogP) is 4.32. The quantitative estimate of drug-likeness (QED) is 0.586. The van der Waals surface area contributed by atoms with Crippen molar-refractivity contribution in [3.05, 3.63) is 88.2 Å². The maximum absolute atomic E-state index is 13.7. The van der Waals surface area contributed by atoms with E-state index in [1.807, 2.05) is 30.3 Å². The molecule has 2 aromatic carbocycles. The Hall–Kier alpha value is -3.25. The largest absolute Gasteiger partial charge is 0.325 e. The second-order valence-electron chi connectivity index (χ2n) is 5.59. The van der Waals surface area contributed by atoms with Crippen LogP contribution >= 0.6 is 11.6 Å². The highest BCUT2D eigenvalue weighted by atomic mass is 35.5. The summed E-state index contributed by atoms with van der Waals surface area (Å²) in [5, 5.41) is 3.86. The highest BCUT2D eigenvalue weighted by molar-refractivity contribution is 6.31. The monoisotopic (exact) mass is 366 g/mol. The maximum atomic E-state index is 13.7. The van der Waals surface area contributed by atoms with Gasteiger partial charge in [-0.1, -0.05) is 29.8 Å². The Morgan fingerprint density at radius 1 is 1.04 bits per heavy atom. The second-order valence-corrected chi connectivity index (χ2v) is 6.03. The summed E-state index contributed by atoms with van der Waals surface area (Å²) < 4.78 is 15.0. The van der Waals surface area contributed by atoms with Gasteiger partial charge in [-0.2, -0.15) is 0 Å². The van der Waals surface area contributed by atoms with Crippen LogP contribution in [-0.2, 0) is 0 Å². The Labute approximate surface area is 152 Å². The Kier molecular flexibility index (Phi) is 4.10. The van der Waals surface area contributed by atoms with Crippen molar-refractivity contribution in [2.75, 3.05) is 5.32 Å². The normalized spacial score (nSPS) is 10.8. The van der Waals surface area contributed by atoms with E-state index in [1.54, 1.807) is 18.2 Å². The minimum Gasteiger partial charge on any atom is -0.325 e. The average Bonchev–Trinajstić information content (AvgIpc) is 2.63. The predicted molar refractivity (Wildman–Crippen MR) is 99.8 cm³/mol. The third-order valence-electron chi connectivity index (χ3n) is 3.81. The Morgan fingerprint density at radius 3 is 2.62 bits per heavy atom. The molecule has 0 bridgehead atoms. The molecule has 0 saturated heterocycles. The first-order chi connectivity index (χ1) is 12.6. The van der Waals surface area contributed by atoms with Crippen molar-refractivity contribution in [1.82, 2.24) is 14.5 Å². The zero-order valence-electron chi connectivity index (χ0n) is 13.4. The van der Waals surface area contributed by atoms with Gasteiger partial charge in [-0.3, -0.25) is 9.78 Å². The molecule has 0 aliphatic rings. The molecule has 4 aromatic rings. The summed E-state index contributed by atoms with van der Waals surface area (Å²) in [6, 6.07) is 15.4. The van der Waals surface area contributed by atoms with Crippen molar-refractivity contribution in [3.8, 4) is 5.69 Å². The van der Waals surface area contributed by atoms with E-state index < -0.39 is 5.82 Å². The summed E-state index contributed by atoms with van der Waals surface area (Å²) in [7, 11) is 0. The number of nitrogens with zero attached hydrogens (tertiary/aromatic N) is 3. The third kappa shape index (κ3) is 3.02. The van der Waals surface area contributed by atoms with E-state index in [0.29, 0.717) is 15.9 Å². The second kappa shape index (κ2) is 6.57. The maximum Gasteiger partial charge on any atom is 0.267 e. The Balaban J connectivity index is 2.00. The molecular weight excluding hydrogens is 355 g/mol. The summed E-state index contributed by atoms with van der Waals surface area (Å²) in [5.74, 6) is -0.297. The minimum absolute atomic E-state index is 0.253. The topological polar surface area (TPSA) is 59.8 Å². The number of nitrogens with one attached hydrogen (secondary N) is 1. The van der Waals surface area contributed by atoms with E-state index in [-0.39, 0.29) is 17.2 Å². The van der Waals surface area contributed by atoms with Gasteiger partial charge in [0.05, 0.1) is 29.0 Å². The molecule has 2 heterocycles. The van der Waals surface area contributed by atoms with Gasteiger partial charge in [0, 0.05) is 16.8 Å². The minimum atomic E-state index is -0.550. The molecule has 0 unspecified atom stereocenters. The van der Waals surface area contributed by atoms with Crippen LogP contribution in [0.15, 0.2) is 71.8 Å². The number of para-hydroxylation sites is 1. The lowest BCUT2D eigenvalue weighted by Gasteiger charge is -2.15. The molecule has 128 valence electrons. The lowest BCUT2D eigenvalue weighted by atomic mass is 10.2. The summed E-state index contributed by atoms with van der Waals surface area (Å²) in [5.41, 5.74) is 1.12. The fraction of sp³-hybridized carbons (Fsp3) is 0. The molecule has 5 nitrogen and oxygen atoms in total. The molecular formula is C19H12ClFN4O. The molecule has 2 aromatic heterocycles. The first kappa shape index (κ1) is 16.2. The average molecular weight is 367 g/mol. The lowest BCUT2D eigenvalue weighted by molar-refractivity contribution is 0.619. The van der Waals surface area contributed by atoms with Gasteiger partial charge < -0.3 is 5.32 Å². The molecule has 0 aliphatic carbocycles.